The lowest BCUT2D eigenvalue weighted by Gasteiger charge is -2.07. The lowest BCUT2D eigenvalue weighted by atomic mass is 10.2. The molecule has 2 aromatic rings. The van der Waals surface area contributed by atoms with E-state index in [2.05, 4.69) is 10.1 Å². The van der Waals surface area contributed by atoms with Crippen molar-refractivity contribution in [3.8, 4) is 5.82 Å². The topological polar surface area (TPSA) is 57.0 Å². The Bertz CT molecular complexity index is 635. The summed E-state index contributed by atoms with van der Waals surface area (Å²) >= 11 is 5.90. The molecular formula is C13H12ClN3O2. The van der Waals surface area contributed by atoms with Gasteiger partial charge in [0, 0.05) is 5.92 Å². The van der Waals surface area contributed by atoms with E-state index in [0.29, 0.717) is 22.5 Å². The summed E-state index contributed by atoms with van der Waals surface area (Å²) in [5.74, 6) is 0.595. The van der Waals surface area contributed by atoms with Gasteiger partial charge in [0.1, 0.15) is 10.7 Å². The number of carbonyl (C=O) groups excluding carboxylic acids is 1. The molecule has 5 nitrogen and oxygen atoms in total. The maximum atomic E-state index is 11.8. The van der Waals surface area contributed by atoms with Crippen molar-refractivity contribution in [2.45, 2.75) is 18.8 Å². The predicted molar refractivity (Wildman–Crippen MR) is 69.7 cm³/mol. The van der Waals surface area contributed by atoms with Gasteiger partial charge in [-0.15, -0.1) is 0 Å². The summed E-state index contributed by atoms with van der Waals surface area (Å²) < 4.78 is 6.47. The molecule has 0 bridgehead atoms. The van der Waals surface area contributed by atoms with Crippen LogP contribution in [0.5, 0.6) is 0 Å². The number of pyridine rings is 1. The molecule has 0 N–H and O–H groups in total. The van der Waals surface area contributed by atoms with E-state index >= 15 is 0 Å². The molecule has 0 atom stereocenters. The largest absolute Gasteiger partial charge is 0.465 e. The Morgan fingerprint density at radius 3 is 2.89 bits per heavy atom. The van der Waals surface area contributed by atoms with Gasteiger partial charge in [-0.1, -0.05) is 17.7 Å². The van der Waals surface area contributed by atoms with Crippen molar-refractivity contribution >= 4 is 17.6 Å². The number of esters is 1. The van der Waals surface area contributed by atoms with Crippen LogP contribution in [0.3, 0.4) is 0 Å². The van der Waals surface area contributed by atoms with Crippen LogP contribution in [0.25, 0.3) is 5.82 Å². The van der Waals surface area contributed by atoms with Gasteiger partial charge in [-0.3, -0.25) is 0 Å². The molecule has 1 saturated carbocycles. The quantitative estimate of drug-likeness (QED) is 0.639. The summed E-state index contributed by atoms with van der Waals surface area (Å²) in [6.45, 7) is 0. The Morgan fingerprint density at radius 1 is 1.47 bits per heavy atom. The highest BCUT2D eigenvalue weighted by atomic mass is 35.5. The Hall–Kier alpha value is -1.88. The minimum atomic E-state index is -0.366. The van der Waals surface area contributed by atoms with Gasteiger partial charge in [0.05, 0.1) is 19.0 Å². The van der Waals surface area contributed by atoms with Crippen LogP contribution in [-0.2, 0) is 4.74 Å². The molecule has 1 aliphatic carbocycles. The number of halogens is 1. The molecule has 19 heavy (non-hydrogen) atoms. The van der Waals surface area contributed by atoms with E-state index in [-0.39, 0.29) is 5.97 Å². The standard InChI is InChI=1S/C13H12ClN3O2/c1-19-13(18)9-7-15-17(12(9)8-5-6-8)11-4-2-3-10(14)16-11/h2-4,7-8H,5-6H2,1H3. The average Bonchev–Trinajstić information content (AvgIpc) is 3.16. The van der Waals surface area contributed by atoms with Crippen molar-refractivity contribution in [1.29, 1.82) is 0 Å². The van der Waals surface area contributed by atoms with Crippen LogP contribution in [0.4, 0.5) is 0 Å². The second kappa shape index (κ2) is 4.66. The monoisotopic (exact) mass is 277 g/mol. The normalized spacial score (nSPS) is 14.4. The summed E-state index contributed by atoms with van der Waals surface area (Å²) in [4.78, 5) is 16.0. The molecule has 6 heteroatoms. The lowest BCUT2D eigenvalue weighted by molar-refractivity contribution is 0.0599. The number of methoxy groups -OCH3 is 1. The fourth-order valence-corrected chi connectivity index (χ4v) is 2.23. The van der Waals surface area contributed by atoms with Crippen LogP contribution in [0.2, 0.25) is 5.15 Å². The van der Waals surface area contributed by atoms with Gasteiger partial charge in [-0.2, -0.15) is 5.10 Å². The van der Waals surface area contributed by atoms with Gasteiger partial charge in [0.15, 0.2) is 5.82 Å². The van der Waals surface area contributed by atoms with Crippen LogP contribution < -0.4 is 0 Å². The molecule has 0 spiro atoms. The third-order valence-corrected chi connectivity index (χ3v) is 3.30. The molecule has 1 aliphatic rings. The third kappa shape index (κ3) is 2.21. The van der Waals surface area contributed by atoms with E-state index in [1.165, 1.54) is 13.3 Å². The van der Waals surface area contributed by atoms with Crippen LogP contribution in [-0.4, -0.2) is 27.8 Å². The van der Waals surface area contributed by atoms with Crippen LogP contribution in [0.15, 0.2) is 24.4 Å². The molecule has 2 aromatic heterocycles. The molecule has 0 radical (unpaired) electrons. The number of ether oxygens (including phenoxy) is 1. The minimum Gasteiger partial charge on any atom is -0.465 e. The number of nitrogens with zero attached hydrogens (tertiary/aromatic N) is 3. The summed E-state index contributed by atoms with van der Waals surface area (Å²) in [6, 6.07) is 5.32. The predicted octanol–water partition coefficient (Wildman–Crippen LogP) is 2.58. The van der Waals surface area contributed by atoms with E-state index in [1.807, 2.05) is 6.07 Å². The van der Waals surface area contributed by atoms with Gasteiger partial charge >= 0.3 is 5.97 Å². The molecule has 0 aromatic carbocycles. The molecule has 0 unspecified atom stereocenters. The molecule has 2 heterocycles. The van der Waals surface area contributed by atoms with Crippen LogP contribution in [0.1, 0.15) is 34.8 Å². The first-order valence-corrected chi connectivity index (χ1v) is 6.37. The highest BCUT2D eigenvalue weighted by Crippen LogP contribution is 2.42. The third-order valence-electron chi connectivity index (χ3n) is 3.09. The zero-order valence-corrected chi connectivity index (χ0v) is 11.1. The number of aromatic nitrogens is 3. The van der Waals surface area contributed by atoms with Gasteiger partial charge in [-0.05, 0) is 25.0 Å². The summed E-state index contributed by atoms with van der Waals surface area (Å²) in [5, 5.41) is 4.65. The van der Waals surface area contributed by atoms with E-state index < -0.39 is 0 Å². The van der Waals surface area contributed by atoms with Crippen molar-refractivity contribution in [1.82, 2.24) is 14.8 Å². The van der Waals surface area contributed by atoms with E-state index in [4.69, 9.17) is 16.3 Å². The Morgan fingerprint density at radius 2 is 2.26 bits per heavy atom. The zero-order valence-electron chi connectivity index (χ0n) is 10.3. The van der Waals surface area contributed by atoms with Crippen molar-refractivity contribution in [2.75, 3.05) is 7.11 Å². The molecule has 0 aliphatic heterocycles. The van der Waals surface area contributed by atoms with Gasteiger partial charge in [-0.25, -0.2) is 14.5 Å². The number of hydrogen-bond acceptors (Lipinski definition) is 4. The van der Waals surface area contributed by atoms with Crippen molar-refractivity contribution < 1.29 is 9.53 Å². The summed E-state index contributed by atoms with van der Waals surface area (Å²) in [5.41, 5.74) is 1.37. The number of carbonyl (C=O) groups is 1. The first-order valence-electron chi connectivity index (χ1n) is 6.00. The molecule has 1 fully saturated rings. The van der Waals surface area contributed by atoms with Crippen molar-refractivity contribution in [3.63, 3.8) is 0 Å². The smallest absolute Gasteiger partial charge is 0.341 e. The van der Waals surface area contributed by atoms with E-state index in [1.54, 1.807) is 16.8 Å². The molecule has 0 saturated heterocycles. The molecule has 3 rings (SSSR count). The maximum absolute atomic E-state index is 11.8. The van der Waals surface area contributed by atoms with Gasteiger partial charge in [0.2, 0.25) is 0 Å². The van der Waals surface area contributed by atoms with E-state index in [0.717, 1.165) is 18.5 Å². The minimum absolute atomic E-state index is 0.345. The van der Waals surface area contributed by atoms with Crippen LogP contribution in [0, 0.1) is 0 Å². The number of rotatable bonds is 3. The average molecular weight is 278 g/mol. The first kappa shape index (κ1) is 12.2. The highest BCUT2D eigenvalue weighted by molar-refractivity contribution is 6.29. The lowest BCUT2D eigenvalue weighted by Crippen LogP contribution is -2.08. The zero-order chi connectivity index (χ0) is 13.4. The van der Waals surface area contributed by atoms with Gasteiger partial charge < -0.3 is 4.74 Å². The van der Waals surface area contributed by atoms with E-state index in [9.17, 15) is 4.79 Å². The SMILES string of the molecule is COC(=O)c1cnn(-c2cccc(Cl)n2)c1C1CC1. The maximum Gasteiger partial charge on any atom is 0.341 e. The highest BCUT2D eigenvalue weighted by Gasteiger charge is 2.33. The molecular weight excluding hydrogens is 266 g/mol. The Labute approximate surface area is 115 Å². The fourth-order valence-electron chi connectivity index (χ4n) is 2.07. The number of hydrogen-bond donors (Lipinski definition) is 0. The van der Waals surface area contributed by atoms with Crippen molar-refractivity contribution in [2.24, 2.45) is 0 Å². The Kier molecular flexibility index (Phi) is 2.98. The molecule has 98 valence electrons. The van der Waals surface area contributed by atoms with Gasteiger partial charge in [0.25, 0.3) is 0 Å². The first-order chi connectivity index (χ1) is 9.20. The fraction of sp³-hybridized carbons (Fsp3) is 0.308. The summed E-state index contributed by atoms with van der Waals surface area (Å²) in [7, 11) is 1.37. The molecule has 0 amide bonds. The summed E-state index contributed by atoms with van der Waals surface area (Å²) in [6.07, 6.45) is 3.63. The second-order valence-corrected chi connectivity index (χ2v) is 4.83. The van der Waals surface area contributed by atoms with Crippen LogP contribution >= 0.6 is 11.6 Å². The van der Waals surface area contributed by atoms with Crippen molar-refractivity contribution in [3.05, 3.63) is 40.8 Å². The second-order valence-electron chi connectivity index (χ2n) is 4.44. The Balaban J connectivity index is 2.11.